The third kappa shape index (κ3) is 2.74. The molecule has 0 aromatic rings. The summed E-state index contributed by atoms with van der Waals surface area (Å²) < 4.78 is 5.44. The van der Waals surface area contributed by atoms with Crippen LogP contribution in [0.1, 0.15) is 25.7 Å². The van der Waals surface area contributed by atoms with Crippen molar-refractivity contribution in [3.8, 4) is 0 Å². The second-order valence-electron chi connectivity index (χ2n) is 4.85. The van der Waals surface area contributed by atoms with Gasteiger partial charge in [0.2, 0.25) is 5.91 Å². The van der Waals surface area contributed by atoms with Gasteiger partial charge < -0.3 is 15.0 Å². The van der Waals surface area contributed by atoms with Crippen LogP contribution < -0.4 is 5.32 Å². The number of nitrogens with zero attached hydrogens (tertiary/aromatic N) is 1. The van der Waals surface area contributed by atoms with E-state index >= 15 is 0 Å². The third-order valence-electron chi connectivity index (χ3n) is 3.70. The second-order valence-corrected chi connectivity index (χ2v) is 4.85. The monoisotopic (exact) mass is 226 g/mol. The topological polar surface area (TPSA) is 41.6 Å². The molecule has 1 saturated carbocycles. The van der Waals surface area contributed by atoms with Gasteiger partial charge in [-0.15, -0.1) is 0 Å². The van der Waals surface area contributed by atoms with Crippen LogP contribution in [0.2, 0.25) is 0 Å². The first-order chi connectivity index (χ1) is 7.81. The molecule has 4 nitrogen and oxygen atoms in total. The maximum atomic E-state index is 12.1. The van der Waals surface area contributed by atoms with E-state index < -0.39 is 0 Å². The van der Waals surface area contributed by atoms with Crippen molar-refractivity contribution < 1.29 is 9.53 Å². The van der Waals surface area contributed by atoms with Crippen molar-refractivity contribution in [1.29, 1.82) is 0 Å². The van der Waals surface area contributed by atoms with Crippen LogP contribution in [0.3, 0.4) is 0 Å². The highest BCUT2D eigenvalue weighted by molar-refractivity contribution is 5.82. The number of rotatable bonds is 3. The molecule has 1 atom stereocenters. The summed E-state index contributed by atoms with van der Waals surface area (Å²) in [6, 6.07) is -0.149. The van der Waals surface area contributed by atoms with E-state index in [9.17, 15) is 4.79 Å². The highest BCUT2D eigenvalue weighted by Gasteiger charge is 2.28. The minimum atomic E-state index is -0.149. The molecule has 4 heteroatoms. The number of ether oxygens (including phenoxy) is 1. The fraction of sp³-hybridized carbons (Fsp3) is 0.917. The predicted molar refractivity (Wildman–Crippen MR) is 62.2 cm³/mol. The summed E-state index contributed by atoms with van der Waals surface area (Å²) in [5.41, 5.74) is 0. The first-order valence-electron chi connectivity index (χ1n) is 6.35. The summed E-state index contributed by atoms with van der Waals surface area (Å²) in [6.07, 6.45) is 5.24. The average Bonchev–Trinajstić information content (AvgIpc) is 2.73. The molecule has 0 bridgehead atoms. The van der Waals surface area contributed by atoms with Gasteiger partial charge in [0, 0.05) is 13.1 Å². The van der Waals surface area contributed by atoms with E-state index in [2.05, 4.69) is 5.32 Å². The van der Waals surface area contributed by atoms with Crippen LogP contribution in [-0.2, 0) is 9.53 Å². The molecule has 1 saturated heterocycles. The molecule has 0 spiro atoms. The minimum absolute atomic E-state index is 0.149. The number of hydrogen-bond donors (Lipinski definition) is 1. The number of amides is 1. The Morgan fingerprint density at radius 3 is 2.88 bits per heavy atom. The lowest BCUT2D eigenvalue weighted by atomic mass is 10.1. The van der Waals surface area contributed by atoms with Gasteiger partial charge in [-0.25, -0.2) is 0 Å². The number of carbonyl (C=O) groups excluding carboxylic acids is 1. The number of likely N-dealkylation sites (N-methyl/N-ethyl adjacent to an activating group) is 1. The first-order valence-corrected chi connectivity index (χ1v) is 6.35. The van der Waals surface area contributed by atoms with Gasteiger partial charge >= 0.3 is 0 Å². The molecule has 2 aliphatic rings. The van der Waals surface area contributed by atoms with Crippen molar-refractivity contribution in [1.82, 2.24) is 10.2 Å². The Labute approximate surface area is 97.3 Å². The van der Waals surface area contributed by atoms with Crippen molar-refractivity contribution in [2.45, 2.75) is 31.7 Å². The molecule has 1 aliphatic carbocycles. The summed E-state index contributed by atoms with van der Waals surface area (Å²) in [7, 11) is 1.82. The van der Waals surface area contributed by atoms with Gasteiger partial charge in [-0.1, -0.05) is 12.8 Å². The zero-order valence-electron chi connectivity index (χ0n) is 10.1. The van der Waals surface area contributed by atoms with E-state index in [-0.39, 0.29) is 11.9 Å². The maximum Gasteiger partial charge on any atom is 0.242 e. The van der Waals surface area contributed by atoms with Crippen LogP contribution in [0.15, 0.2) is 0 Å². The molecule has 1 unspecified atom stereocenters. The van der Waals surface area contributed by atoms with E-state index in [1.54, 1.807) is 0 Å². The Hall–Kier alpha value is -0.610. The van der Waals surface area contributed by atoms with E-state index in [0.717, 1.165) is 19.0 Å². The molecule has 0 radical (unpaired) electrons. The van der Waals surface area contributed by atoms with Crippen LogP contribution >= 0.6 is 0 Å². The zero-order valence-corrected chi connectivity index (χ0v) is 10.1. The largest absolute Gasteiger partial charge is 0.377 e. The lowest BCUT2D eigenvalue weighted by Crippen LogP contribution is -2.47. The van der Waals surface area contributed by atoms with E-state index in [4.69, 9.17) is 4.74 Å². The molecule has 2 fully saturated rings. The van der Waals surface area contributed by atoms with Gasteiger partial charge in [0.1, 0.15) is 6.04 Å². The normalized spacial score (nSPS) is 28.4. The van der Waals surface area contributed by atoms with Gasteiger partial charge in [-0.3, -0.25) is 4.79 Å². The molecule has 1 amide bonds. The molecule has 1 aliphatic heterocycles. The van der Waals surface area contributed by atoms with Crippen molar-refractivity contribution in [3.05, 3.63) is 0 Å². The molecular weight excluding hydrogens is 204 g/mol. The first kappa shape index (κ1) is 11.9. The summed E-state index contributed by atoms with van der Waals surface area (Å²) >= 11 is 0. The van der Waals surface area contributed by atoms with Crippen LogP contribution in [-0.4, -0.2) is 50.2 Å². The minimum Gasteiger partial charge on any atom is -0.377 e. The molecule has 1 N–H and O–H groups in total. The van der Waals surface area contributed by atoms with Gasteiger partial charge in [0.15, 0.2) is 0 Å². The highest BCUT2D eigenvalue weighted by Crippen LogP contribution is 2.25. The van der Waals surface area contributed by atoms with Crippen LogP contribution in [0, 0.1) is 5.92 Å². The summed E-state index contributed by atoms with van der Waals surface area (Å²) in [6.45, 7) is 2.88. The Morgan fingerprint density at radius 1 is 1.44 bits per heavy atom. The predicted octanol–water partition coefficient (Wildman–Crippen LogP) is 0.623. The summed E-state index contributed by atoms with van der Waals surface area (Å²) in [5.74, 6) is 0.937. The zero-order chi connectivity index (χ0) is 11.4. The van der Waals surface area contributed by atoms with Crippen molar-refractivity contribution in [3.63, 3.8) is 0 Å². The van der Waals surface area contributed by atoms with E-state index in [0.29, 0.717) is 13.2 Å². The SMILES string of the molecule is CNC1COCCN(CC2CCCC2)C1=O. The highest BCUT2D eigenvalue weighted by atomic mass is 16.5. The van der Waals surface area contributed by atoms with Gasteiger partial charge in [-0.05, 0) is 25.8 Å². The number of carbonyl (C=O) groups is 1. The summed E-state index contributed by atoms with van der Waals surface area (Å²) in [4.78, 5) is 14.1. The summed E-state index contributed by atoms with van der Waals surface area (Å²) in [5, 5.41) is 3.03. The molecule has 0 aromatic carbocycles. The molecule has 2 rings (SSSR count). The molecule has 16 heavy (non-hydrogen) atoms. The smallest absolute Gasteiger partial charge is 0.242 e. The second kappa shape index (κ2) is 5.64. The van der Waals surface area contributed by atoms with E-state index in [1.165, 1.54) is 25.7 Å². The molecule has 0 aromatic heterocycles. The average molecular weight is 226 g/mol. The van der Waals surface area contributed by atoms with E-state index in [1.807, 2.05) is 11.9 Å². The maximum absolute atomic E-state index is 12.1. The quantitative estimate of drug-likeness (QED) is 0.767. The Balaban J connectivity index is 1.92. The Kier molecular flexibility index (Phi) is 4.18. The van der Waals surface area contributed by atoms with Crippen LogP contribution in [0.5, 0.6) is 0 Å². The fourth-order valence-corrected chi connectivity index (χ4v) is 2.67. The van der Waals surface area contributed by atoms with Crippen LogP contribution in [0.25, 0.3) is 0 Å². The Bertz CT molecular complexity index is 239. The fourth-order valence-electron chi connectivity index (χ4n) is 2.67. The molecule has 1 heterocycles. The van der Waals surface area contributed by atoms with Crippen molar-refractivity contribution in [2.75, 3.05) is 33.4 Å². The van der Waals surface area contributed by atoms with Crippen LogP contribution in [0.4, 0.5) is 0 Å². The molecular formula is C12H22N2O2. The van der Waals surface area contributed by atoms with Crippen molar-refractivity contribution in [2.24, 2.45) is 5.92 Å². The number of hydrogen-bond acceptors (Lipinski definition) is 3. The number of nitrogens with one attached hydrogen (secondary N) is 1. The third-order valence-corrected chi connectivity index (χ3v) is 3.70. The lowest BCUT2D eigenvalue weighted by molar-refractivity contribution is -0.133. The van der Waals surface area contributed by atoms with Gasteiger partial charge in [-0.2, -0.15) is 0 Å². The van der Waals surface area contributed by atoms with Gasteiger partial charge in [0.25, 0.3) is 0 Å². The molecule has 92 valence electrons. The van der Waals surface area contributed by atoms with Gasteiger partial charge in [0.05, 0.1) is 13.2 Å². The lowest BCUT2D eigenvalue weighted by Gasteiger charge is -2.26. The Morgan fingerprint density at radius 2 is 2.19 bits per heavy atom. The van der Waals surface area contributed by atoms with Crippen molar-refractivity contribution >= 4 is 5.91 Å². The standard InChI is InChI=1S/C12H22N2O2/c1-13-11-9-16-7-6-14(12(11)15)8-10-4-2-3-5-10/h10-11,13H,2-9H2,1H3.